The molecule has 1 saturated carbocycles. The van der Waals surface area contributed by atoms with Crippen LogP contribution in [0.1, 0.15) is 86.7 Å². The Morgan fingerprint density at radius 1 is 1.04 bits per heavy atom. The lowest BCUT2D eigenvalue weighted by Gasteiger charge is -2.37. The van der Waals surface area contributed by atoms with E-state index in [0.717, 1.165) is 100 Å². The molecule has 0 unspecified atom stereocenters. The number of primary amides is 1. The van der Waals surface area contributed by atoms with Crippen LogP contribution < -0.4 is 16.4 Å². The smallest absolute Gasteiger partial charge is 0.264 e. The number of likely N-dealkylation sites (tertiary alicyclic amines) is 1. The van der Waals surface area contributed by atoms with Gasteiger partial charge in [0.05, 0.1) is 23.9 Å². The lowest BCUT2D eigenvalue weighted by molar-refractivity contribution is -0.129. The number of carbonyl (C=O) groups is 2. The third-order valence-corrected chi connectivity index (χ3v) is 11.5. The van der Waals surface area contributed by atoms with Crippen molar-refractivity contribution in [2.75, 3.05) is 37.6 Å². The number of aryl methyl sites for hydroxylation is 2. The molecule has 2 aromatic heterocycles. The molecule has 52 heavy (non-hydrogen) atoms. The first-order valence-corrected chi connectivity index (χ1v) is 18.6. The summed E-state index contributed by atoms with van der Waals surface area (Å²) in [6.45, 7) is 6.42. The van der Waals surface area contributed by atoms with Crippen molar-refractivity contribution in [2.45, 2.75) is 89.8 Å². The molecule has 5 heterocycles. The van der Waals surface area contributed by atoms with Crippen LogP contribution in [0.25, 0.3) is 11.3 Å². The van der Waals surface area contributed by atoms with E-state index in [-0.39, 0.29) is 29.1 Å². The van der Waals surface area contributed by atoms with Gasteiger partial charge in [0, 0.05) is 106 Å². The highest BCUT2D eigenvalue weighted by Gasteiger charge is 2.35. The second-order valence-corrected chi connectivity index (χ2v) is 14.9. The normalized spacial score (nSPS) is 21.9. The van der Waals surface area contributed by atoms with Gasteiger partial charge in [0.2, 0.25) is 5.91 Å². The van der Waals surface area contributed by atoms with Gasteiger partial charge in [-0.25, -0.2) is 8.78 Å². The van der Waals surface area contributed by atoms with Gasteiger partial charge in [0.1, 0.15) is 0 Å². The number of carbonyl (C=O) groups excluding carboxylic acids is 2. The van der Waals surface area contributed by atoms with Crippen LogP contribution in [0.15, 0.2) is 41.2 Å². The van der Waals surface area contributed by atoms with Gasteiger partial charge < -0.3 is 26.2 Å². The molecule has 14 heteroatoms. The van der Waals surface area contributed by atoms with Gasteiger partial charge in [-0.05, 0) is 81.0 Å². The fourth-order valence-electron chi connectivity index (χ4n) is 8.61. The van der Waals surface area contributed by atoms with Gasteiger partial charge in [-0.2, -0.15) is 10.2 Å². The van der Waals surface area contributed by atoms with E-state index in [1.165, 1.54) is 18.1 Å². The molecule has 0 bridgehead atoms. The molecule has 1 aromatic carbocycles. The molecule has 2 amide bonds. The van der Waals surface area contributed by atoms with E-state index in [4.69, 9.17) is 16.6 Å². The molecule has 2 fully saturated rings. The predicted octanol–water partition coefficient (Wildman–Crippen LogP) is 4.80. The van der Waals surface area contributed by atoms with Crippen LogP contribution >= 0.6 is 0 Å². The van der Waals surface area contributed by atoms with Crippen LogP contribution in [-0.2, 0) is 36.0 Å². The van der Waals surface area contributed by atoms with E-state index in [1.807, 2.05) is 11.0 Å². The Morgan fingerprint density at radius 3 is 2.46 bits per heavy atom. The molecule has 12 nitrogen and oxygen atoms in total. The standard InChI is InChI=1S/C38H50F2N10O2/c1-24(51)48-17-12-34-32(23-48)38(49-13-3-4-26-18-30(33-11-14-46(2)44-33)31(36(39)40)19-35(26)49)45-50(34)29-9-15-47(16-10-29)22-25-5-7-28(8-6-25)43-21-27(20-41)37(42)52/h11,14,18-21,25,28-29,36H,3-10,12-13,15-17,22-23,41H2,1-2H3,(H2,42,52)/b27-20+,43-21?. The number of amides is 2. The van der Waals surface area contributed by atoms with E-state index in [2.05, 4.69) is 24.6 Å². The van der Waals surface area contributed by atoms with Gasteiger partial charge >= 0.3 is 0 Å². The largest absolute Gasteiger partial charge is 0.404 e. The summed E-state index contributed by atoms with van der Waals surface area (Å²) in [4.78, 5) is 35.1. The lowest BCUT2D eigenvalue weighted by Crippen LogP contribution is -2.40. The number of aliphatic imine (C=N–C) groups is 1. The van der Waals surface area contributed by atoms with Gasteiger partial charge in [0.25, 0.3) is 12.3 Å². The zero-order valence-electron chi connectivity index (χ0n) is 30.2. The van der Waals surface area contributed by atoms with E-state index in [9.17, 15) is 18.4 Å². The van der Waals surface area contributed by atoms with Crippen LogP contribution in [0.5, 0.6) is 0 Å². The van der Waals surface area contributed by atoms with Crippen molar-refractivity contribution >= 4 is 29.5 Å². The molecule has 0 spiro atoms. The van der Waals surface area contributed by atoms with E-state index in [0.29, 0.717) is 36.8 Å². The van der Waals surface area contributed by atoms with Gasteiger partial charge in [-0.1, -0.05) is 0 Å². The number of benzene rings is 1. The van der Waals surface area contributed by atoms with E-state index < -0.39 is 12.3 Å². The number of alkyl halides is 2. The van der Waals surface area contributed by atoms with Crippen LogP contribution in [-0.4, -0.2) is 86.2 Å². The molecule has 3 aliphatic heterocycles. The Kier molecular flexibility index (Phi) is 10.4. The van der Waals surface area contributed by atoms with Crippen LogP contribution in [0.3, 0.4) is 0 Å². The molecular weight excluding hydrogens is 666 g/mol. The summed E-state index contributed by atoms with van der Waals surface area (Å²) in [6.07, 6.45) is 10.3. The molecule has 4 N–H and O–H groups in total. The monoisotopic (exact) mass is 716 g/mol. The van der Waals surface area contributed by atoms with E-state index in [1.54, 1.807) is 37.0 Å². The molecule has 0 radical (unpaired) electrons. The Labute approximate surface area is 303 Å². The Balaban J connectivity index is 1.08. The van der Waals surface area contributed by atoms with Crippen molar-refractivity contribution < 1.29 is 18.4 Å². The summed E-state index contributed by atoms with van der Waals surface area (Å²) in [7, 11) is 1.79. The highest BCUT2D eigenvalue weighted by atomic mass is 19.3. The van der Waals surface area contributed by atoms with Crippen LogP contribution in [0, 0.1) is 5.92 Å². The minimum absolute atomic E-state index is 0.0281. The summed E-state index contributed by atoms with van der Waals surface area (Å²) >= 11 is 0. The molecule has 1 saturated heterocycles. The average Bonchev–Trinajstić information content (AvgIpc) is 3.75. The number of hydrogen-bond acceptors (Lipinski definition) is 8. The summed E-state index contributed by atoms with van der Waals surface area (Å²) in [5, 5.41) is 9.75. The average molecular weight is 717 g/mol. The summed E-state index contributed by atoms with van der Waals surface area (Å²) in [5.41, 5.74) is 16.0. The highest BCUT2D eigenvalue weighted by Crippen LogP contribution is 2.43. The number of anilines is 2. The SMILES string of the molecule is CC(=O)N1CCc2c(c(N3CCCc4cc(-c5ccn(C)n5)c(C(F)F)cc43)nn2C2CCN(CC3CCC(N=C/C(=C\N)C(N)=O)CC3)CC2)C1. The third kappa shape index (κ3) is 7.35. The molecule has 4 aliphatic rings. The first-order valence-electron chi connectivity index (χ1n) is 18.6. The Bertz CT molecular complexity index is 1850. The number of rotatable bonds is 9. The quantitative estimate of drug-likeness (QED) is 0.239. The third-order valence-electron chi connectivity index (χ3n) is 11.5. The number of aromatic nitrogens is 4. The zero-order chi connectivity index (χ0) is 36.5. The highest BCUT2D eigenvalue weighted by molar-refractivity contribution is 6.11. The minimum Gasteiger partial charge on any atom is -0.404 e. The van der Waals surface area contributed by atoms with Gasteiger partial charge in [-0.15, -0.1) is 0 Å². The molecule has 3 aromatic rings. The fraction of sp³-hybridized carbons (Fsp3) is 0.553. The van der Waals surface area contributed by atoms with Crippen molar-refractivity contribution in [1.82, 2.24) is 29.4 Å². The Hall–Kier alpha value is -4.59. The fourth-order valence-corrected chi connectivity index (χ4v) is 8.61. The lowest BCUT2D eigenvalue weighted by atomic mass is 9.85. The first kappa shape index (κ1) is 35.8. The summed E-state index contributed by atoms with van der Waals surface area (Å²) in [5.74, 6) is 0.865. The molecule has 1 aliphatic carbocycles. The number of piperidine rings is 1. The zero-order valence-corrected chi connectivity index (χ0v) is 30.2. The molecular formula is C38H50F2N10O2. The van der Waals surface area contributed by atoms with Crippen molar-refractivity contribution in [3.8, 4) is 11.3 Å². The number of halogens is 2. The maximum atomic E-state index is 14.6. The van der Waals surface area contributed by atoms with Crippen molar-refractivity contribution in [3.05, 3.63) is 58.6 Å². The number of fused-ring (bicyclic) bond motifs is 2. The predicted molar refractivity (Wildman–Crippen MR) is 196 cm³/mol. The number of nitrogens with two attached hydrogens (primary N) is 2. The molecule has 0 atom stereocenters. The first-order chi connectivity index (χ1) is 25.1. The molecule has 7 rings (SSSR count). The molecule has 278 valence electrons. The number of hydrogen-bond donors (Lipinski definition) is 2. The minimum atomic E-state index is -2.66. The summed E-state index contributed by atoms with van der Waals surface area (Å²) < 4.78 is 33.1. The Morgan fingerprint density at radius 2 is 1.81 bits per heavy atom. The maximum Gasteiger partial charge on any atom is 0.264 e. The van der Waals surface area contributed by atoms with Crippen molar-refractivity contribution in [2.24, 2.45) is 29.4 Å². The number of nitrogens with zero attached hydrogens (tertiary/aromatic N) is 8. The maximum absolute atomic E-state index is 14.6. The van der Waals surface area contributed by atoms with Crippen molar-refractivity contribution in [1.29, 1.82) is 0 Å². The second-order valence-electron chi connectivity index (χ2n) is 14.9. The summed E-state index contributed by atoms with van der Waals surface area (Å²) in [6, 6.07) is 5.74. The van der Waals surface area contributed by atoms with Crippen molar-refractivity contribution in [3.63, 3.8) is 0 Å². The van der Waals surface area contributed by atoms with Crippen LogP contribution in [0.2, 0.25) is 0 Å². The van der Waals surface area contributed by atoms with Gasteiger partial charge in [0.15, 0.2) is 5.82 Å². The van der Waals surface area contributed by atoms with Crippen LogP contribution in [0.4, 0.5) is 20.3 Å². The van der Waals surface area contributed by atoms with Gasteiger partial charge in [-0.3, -0.25) is 23.9 Å². The van der Waals surface area contributed by atoms with E-state index >= 15 is 0 Å². The topological polar surface area (TPSA) is 144 Å². The second kappa shape index (κ2) is 15.2.